The van der Waals surface area contributed by atoms with Crippen molar-refractivity contribution in [3.8, 4) is 0 Å². The summed E-state index contributed by atoms with van der Waals surface area (Å²) in [6.45, 7) is 42.9. The average Bonchev–Trinajstić information content (AvgIpc) is 3.64. The van der Waals surface area contributed by atoms with E-state index in [9.17, 15) is 0 Å². The molecule has 0 saturated heterocycles. The van der Waals surface area contributed by atoms with Crippen LogP contribution in [0.5, 0.6) is 0 Å². The summed E-state index contributed by atoms with van der Waals surface area (Å²) in [6.07, 6.45) is 13.5. The lowest BCUT2D eigenvalue weighted by Crippen LogP contribution is -2.61. The zero-order valence-electron chi connectivity index (χ0n) is 45.7. The van der Waals surface area contributed by atoms with Gasteiger partial charge in [0.05, 0.1) is 5.69 Å². The first-order chi connectivity index (χ1) is 32.0. The van der Waals surface area contributed by atoms with Gasteiger partial charge < -0.3 is 9.80 Å². The molecule has 12 rings (SSSR count). The number of anilines is 6. The average molecular weight is 933 g/mol. The molecule has 0 spiro atoms. The van der Waals surface area contributed by atoms with Gasteiger partial charge in [0.2, 0.25) is 0 Å². The summed E-state index contributed by atoms with van der Waals surface area (Å²) >= 11 is 2.14. The third-order valence-corrected chi connectivity index (χ3v) is 22.3. The third-order valence-electron chi connectivity index (χ3n) is 21.1. The number of hydrogen-bond donors (Lipinski definition) is 0. The topological polar surface area (TPSA) is 6.48 Å². The van der Waals surface area contributed by atoms with Crippen LogP contribution in [-0.2, 0) is 38.9 Å². The lowest BCUT2D eigenvalue weighted by atomic mass is 9.35. The first kappa shape index (κ1) is 46.1. The van der Waals surface area contributed by atoms with Gasteiger partial charge in [0.15, 0.2) is 0 Å². The van der Waals surface area contributed by atoms with Crippen LogP contribution in [0.3, 0.4) is 0 Å². The van der Waals surface area contributed by atoms with Crippen molar-refractivity contribution in [2.24, 2.45) is 16.2 Å². The van der Waals surface area contributed by atoms with Gasteiger partial charge in [0.25, 0.3) is 6.71 Å². The fourth-order valence-electron chi connectivity index (χ4n) is 15.5. The quantitative estimate of drug-likeness (QED) is 0.159. The van der Waals surface area contributed by atoms with Crippen molar-refractivity contribution in [2.45, 2.75) is 208 Å². The minimum Gasteiger partial charge on any atom is -0.311 e. The van der Waals surface area contributed by atoms with Crippen LogP contribution in [0, 0.1) is 16.2 Å². The highest BCUT2D eigenvalue weighted by atomic mass is 32.1. The van der Waals surface area contributed by atoms with Crippen LogP contribution in [-0.4, -0.2) is 6.71 Å². The molecule has 360 valence electrons. The maximum Gasteiger partial charge on any atom is 0.264 e. The second-order valence-electron chi connectivity index (χ2n) is 29.0. The van der Waals surface area contributed by atoms with Gasteiger partial charge in [0.1, 0.15) is 0 Å². The molecule has 0 bridgehead atoms. The standard InChI is InChI=1S/C65H81BN2S/c1-57(2)25-27-59(5,6)44-33-39(21-23-42(44)57)67-49-19-18-20-50-54(49)66(48-35-46-47(36-51(48)67)62(11,12)30-29-61(46,9)10)56-55(68(50)40-22-24-43-45(34-40)60(7,8)28-26-58(43,3)4)41-38-65(17)53(37-52(41)69-56)63(13,14)31-32-64(65,15)16/h18-24,33-37H,25-32,38H2,1-17H3. The highest BCUT2D eigenvalue weighted by molar-refractivity contribution is 7.29. The smallest absolute Gasteiger partial charge is 0.264 e. The maximum atomic E-state index is 2.80. The highest BCUT2D eigenvalue weighted by Gasteiger charge is 2.56. The molecule has 5 aromatic rings. The summed E-state index contributed by atoms with van der Waals surface area (Å²) in [5.41, 5.74) is 24.6. The van der Waals surface area contributed by atoms with Gasteiger partial charge in [-0.25, -0.2) is 0 Å². The van der Waals surface area contributed by atoms with Gasteiger partial charge in [-0.1, -0.05) is 148 Å². The Labute approximate surface area is 421 Å². The van der Waals surface area contributed by atoms with Crippen LogP contribution in [0.25, 0.3) is 6.08 Å². The Hall–Kier alpha value is -4.02. The van der Waals surface area contributed by atoms with Crippen molar-refractivity contribution in [1.82, 2.24) is 0 Å². The molecule has 1 atom stereocenters. The van der Waals surface area contributed by atoms with Crippen LogP contribution in [0.4, 0.5) is 34.1 Å². The molecule has 4 heteroatoms. The number of hydrogen-bond acceptors (Lipinski definition) is 3. The number of nitrogens with zero attached hydrogens (tertiary/aromatic N) is 2. The first-order valence-electron chi connectivity index (χ1n) is 27.1. The lowest BCUT2D eigenvalue weighted by molar-refractivity contribution is 0.0403. The fourth-order valence-corrected chi connectivity index (χ4v) is 16.8. The van der Waals surface area contributed by atoms with E-state index in [1.54, 1.807) is 16.7 Å². The molecule has 1 saturated carbocycles. The SMILES string of the molecule is CC1(C)CCC(C)(C)C2(C)Cc3c(sc4c3N(c3ccc5c(c3)C(C)(C)CCC5(C)C)c3cccc5c3B4c3cc4c(cc3N5c3ccc5c(c3)C(C)(C)CCC5(C)C)C(C)(C)CCC4(C)C)C=C12. The number of allylic oxidation sites excluding steroid dienone is 1. The molecule has 1 unspecified atom stereocenters. The molecule has 1 fully saturated rings. The van der Waals surface area contributed by atoms with E-state index >= 15 is 0 Å². The summed E-state index contributed by atoms with van der Waals surface area (Å²) in [5.74, 6) is 0. The molecule has 0 N–H and O–H groups in total. The van der Waals surface area contributed by atoms with E-state index in [1.165, 1.54) is 134 Å². The highest BCUT2D eigenvalue weighted by Crippen LogP contribution is 2.65. The van der Waals surface area contributed by atoms with Gasteiger partial charge in [-0.3, -0.25) is 0 Å². The molecule has 2 aliphatic heterocycles. The zero-order chi connectivity index (χ0) is 49.2. The van der Waals surface area contributed by atoms with E-state index in [4.69, 9.17) is 0 Å². The van der Waals surface area contributed by atoms with Crippen LogP contribution in [0.15, 0.2) is 72.3 Å². The largest absolute Gasteiger partial charge is 0.311 e. The third kappa shape index (κ3) is 6.27. The number of fused-ring (bicyclic) bond motifs is 10. The molecule has 0 amide bonds. The van der Waals surface area contributed by atoms with Crippen molar-refractivity contribution in [2.75, 3.05) is 9.80 Å². The summed E-state index contributed by atoms with van der Waals surface area (Å²) in [4.78, 5) is 7.03. The van der Waals surface area contributed by atoms with Gasteiger partial charge in [0, 0.05) is 38.1 Å². The minimum atomic E-state index is 0.0526. The molecule has 5 aliphatic carbocycles. The Bertz CT molecular complexity index is 3090. The summed E-state index contributed by atoms with van der Waals surface area (Å²) in [6, 6.07) is 28.1. The molecule has 69 heavy (non-hydrogen) atoms. The van der Waals surface area contributed by atoms with Crippen LogP contribution in [0.2, 0.25) is 0 Å². The zero-order valence-corrected chi connectivity index (χ0v) is 46.5. The van der Waals surface area contributed by atoms with Crippen LogP contribution >= 0.6 is 11.3 Å². The van der Waals surface area contributed by atoms with E-state index < -0.39 is 0 Å². The number of benzene rings is 4. The van der Waals surface area contributed by atoms with E-state index in [-0.39, 0.29) is 55.4 Å². The Balaban J connectivity index is 1.19. The molecule has 0 radical (unpaired) electrons. The predicted molar refractivity (Wildman–Crippen MR) is 301 cm³/mol. The summed E-state index contributed by atoms with van der Waals surface area (Å²) < 4.78 is 1.54. The van der Waals surface area contributed by atoms with E-state index in [2.05, 4.69) is 212 Å². The van der Waals surface area contributed by atoms with E-state index in [0.717, 1.165) is 6.42 Å². The molecule has 2 nitrogen and oxygen atoms in total. The van der Waals surface area contributed by atoms with Gasteiger partial charge in [-0.15, -0.1) is 11.3 Å². The molecule has 4 aromatic carbocycles. The van der Waals surface area contributed by atoms with E-state index in [1.807, 2.05) is 0 Å². The van der Waals surface area contributed by atoms with Crippen molar-refractivity contribution in [3.63, 3.8) is 0 Å². The second-order valence-corrected chi connectivity index (χ2v) is 30.1. The number of rotatable bonds is 2. The molecule has 7 aliphatic rings. The Morgan fingerprint density at radius 1 is 0.449 bits per heavy atom. The second kappa shape index (κ2) is 13.9. The normalized spacial score (nSPS) is 25.9. The minimum absolute atomic E-state index is 0.0526. The van der Waals surface area contributed by atoms with Crippen LogP contribution in [0.1, 0.15) is 213 Å². The van der Waals surface area contributed by atoms with Gasteiger partial charge in [-0.2, -0.15) is 0 Å². The fraction of sp³-hybridized carbons (Fsp3) is 0.538. The summed E-state index contributed by atoms with van der Waals surface area (Å²) in [7, 11) is 0. The van der Waals surface area contributed by atoms with Gasteiger partial charge >= 0.3 is 0 Å². The molecular formula is C65H81BN2S. The first-order valence-corrected chi connectivity index (χ1v) is 27.9. The Kier molecular flexibility index (Phi) is 9.30. The lowest BCUT2D eigenvalue weighted by Gasteiger charge is -2.57. The monoisotopic (exact) mass is 933 g/mol. The summed E-state index contributed by atoms with van der Waals surface area (Å²) in [5, 5.41) is 0. The van der Waals surface area contributed by atoms with Crippen molar-refractivity contribution in [1.29, 1.82) is 0 Å². The maximum absolute atomic E-state index is 2.80. The predicted octanol–water partition coefficient (Wildman–Crippen LogP) is 16.7. The van der Waals surface area contributed by atoms with Crippen molar-refractivity contribution >= 4 is 74.0 Å². The van der Waals surface area contributed by atoms with Crippen molar-refractivity contribution in [3.05, 3.63) is 116 Å². The molecular weight excluding hydrogens is 852 g/mol. The Morgan fingerprint density at radius 2 is 0.899 bits per heavy atom. The van der Waals surface area contributed by atoms with Gasteiger partial charge in [-0.05, 0) is 205 Å². The van der Waals surface area contributed by atoms with Crippen LogP contribution < -0.4 is 25.5 Å². The molecule has 3 heterocycles. The Morgan fingerprint density at radius 3 is 1.43 bits per heavy atom. The molecule has 1 aromatic heterocycles. The van der Waals surface area contributed by atoms with Crippen molar-refractivity contribution < 1.29 is 0 Å². The number of thiophene rings is 1. The van der Waals surface area contributed by atoms with E-state index in [0.29, 0.717) is 0 Å².